The second-order valence-corrected chi connectivity index (χ2v) is 6.06. The van der Waals surface area contributed by atoms with Crippen molar-refractivity contribution in [1.29, 1.82) is 5.26 Å². The summed E-state index contributed by atoms with van der Waals surface area (Å²) in [7, 11) is 0. The summed E-state index contributed by atoms with van der Waals surface area (Å²) in [5.41, 5.74) is 0.460. The number of nitro benzene ring substituents is 1. The van der Waals surface area contributed by atoms with Crippen LogP contribution in [0.2, 0.25) is 10.0 Å². The third-order valence-corrected chi connectivity index (χ3v) is 4.71. The molecule has 0 saturated carbocycles. The van der Waals surface area contributed by atoms with Crippen molar-refractivity contribution in [3.05, 3.63) is 61.6 Å². The smallest absolute Gasteiger partial charge is 0.258 e. The van der Waals surface area contributed by atoms with Crippen LogP contribution in [0.1, 0.15) is 11.1 Å². The molecule has 2 aromatic carbocycles. The number of benzene rings is 2. The molecule has 0 radical (unpaired) electrons. The van der Waals surface area contributed by atoms with E-state index < -0.39 is 4.92 Å². The standard InChI is InChI=1S/C14H8Cl2N2O2S/c1-8-10(7-17)13(18(19)20)4-5-14(8)21-9-2-3-11(15)12(16)6-9/h2-6H,1H3. The molecule has 0 unspecified atom stereocenters. The van der Waals surface area contributed by atoms with E-state index in [1.807, 2.05) is 6.07 Å². The Bertz CT molecular complexity index is 772. The van der Waals surface area contributed by atoms with Crippen LogP contribution in [0.3, 0.4) is 0 Å². The summed E-state index contributed by atoms with van der Waals surface area (Å²) in [5, 5.41) is 20.9. The van der Waals surface area contributed by atoms with E-state index in [2.05, 4.69) is 0 Å². The number of nitro groups is 1. The molecule has 0 amide bonds. The van der Waals surface area contributed by atoms with Crippen LogP contribution in [0.5, 0.6) is 0 Å². The van der Waals surface area contributed by atoms with Crippen LogP contribution in [0.25, 0.3) is 0 Å². The summed E-state index contributed by atoms with van der Waals surface area (Å²) in [6.45, 7) is 1.69. The average Bonchev–Trinajstić information content (AvgIpc) is 2.44. The van der Waals surface area contributed by atoms with Crippen LogP contribution in [-0.2, 0) is 0 Å². The van der Waals surface area contributed by atoms with Gasteiger partial charge in [-0.2, -0.15) is 5.26 Å². The predicted octanol–water partition coefficient (Wildman–Crippen LogP) is 5.23. The Balaban J connectivity index is 2.44. The average molecular weight is 339 g/mol. The van der Waals surface area contributed by atoms with Crippen molar-refractivity contribution in [1.82, 2.24) is 0 Å². The fourth-order valence-electron chi connectivity index (χ4n) is 1.75. The Labute approximate surface area is 135 Å². The largest absolute Gasteiger partial charge is 0.287 e. The number of rotatable bonds is 3. The van der Waals surface area contributed by atoms with E-state index in [0.717, 1.165) is 9.79 Å². The summed E-state index contributed by atoms with van der Waals surface area (Å²) in [5.74, 6) is 0. The Kier molecular flexibility index (Phi) is 4.73. The molecule has 7 heteroatoms. The maximum atomic E-state index is 10.9. The Morgan fingerprint density at radius 2 is 1.95 bits per heavy atom. The molecule has 0 bridgehead atoms. The fraction of sp³-hybridized carbons (Fsp3) is 0.0714. The normalized spacial score (nSPS) is 10.2. The van der Waals surface area contributed by atoms with E-state index in [9.17, 15) is 10.1 Å². The van der Waals surface area contributed by atoms with Crippen LogP contribution in [0.15, 0.2) is 40.1 Å². The first-order valence-electron chi connectivity index (χ1n) is 5.75. The quantitative estimate of drug-likeness (QED) is 0.567. The van der Waals surface area contributed by atoms with Gasteiger partial charge in [0.15, 0.2) is 0 Å². The highest BCUT2D eigenvalue weighted by Gasteiger charge is 2.18. The lowest BCUT2D eigenvalue weighted by atomic mass is 10.1. The third-order valence-electron chi connectivity index (χ3n) is 2.82. The zero-order chi connectivity index (χ0) is 15.6. The zero-order valence-electron chi connectivity index (χ0n) is 10.8. The van der Waals surface area contributed by atoms with Crippen LogP contribution in [0, 0.1) is 28.4 Å². The molecule has 0 heterocycles. The molecular formula is C14H8Cl2N2O2S. The highest BCUT2D eigenvalue weighted by atomic mass is 35.5. The molecule has 0 aromatic heterocycles. The molecule has 0 aliphatic carbocycles. The molecule has 0 atom stereocenters. The highest BCUT2D eigenvalue weighted by Crippen LogP contribution is 2.37. The SMILES string of the molecule is Cc1c(Sc2ccc(Cl)c(Cl)c2)ccc([N+](=O)[O-])c1C#N. The molecule has 4 nitrogen and oxygen atoms in total. The fourth-order valence-corrected chi connectivity index (χ4v) is 3.07. The molecule has 106 valence electrons. The molecule has 21 heavy (non-hydrogen) atoms. The first-order chi connectivity index (χ1) is 9.93. The lowest BCUT2D eigenvalue weighted by molar-refractivity contribution is -0.385. The third kappa shape index (κ3) is 3.30. The monoisotopic (exact) mass is 338 g/mol. The van der Waals surface area contributed by atoms with Gasteiger partial charge in [0.25, 0.3) is 5.69 Å². The van der Waals surface area contributed by atoms with Crippen LogP contribution >= 0.6 is 35.0 Å². The van der Waals surface area contributed by atoms with Crippen molar-refractivity contribution in [3.8, 4) is 6.07 Å². The second-order valence-electron chi connectivity index (χ2n) is 4.13. The summed E-state index contributed by atoms with van der Waals surface area (Å²) in [6.07, 6.45) is 0. The van der Waals surface area contributed by atoms with Gasteiger partial charge in [-0.3, -0.25) is 10.1 Å². The van der Waals surface area contributed by atoms with E-state index in [1.54, 1.807) is 31.2 Å². The minimum atomic E-state index is -0.556. The van der Waals surface area contributed by atoms with Gasteiger partial charge in [0.2, 0.25) is 0 Å². The van der Waals surface area contributed by atoms with Gasteiger partial charge in [0.1, 0.15) is 11.6 Å². The van der Waals surface area contributed by atoms with Crippen molar-refractivity contribution in [2.45, 2.75) is 16.7 Å². The maximum absolute atomic E-state index is 10.9. The lowest BCUT2D eigenvalue weighted by Gasteiger charge is -2.08. The van der Waals surface area contributed by atoms with E-state index in [-0.39, 0.29) is 11.3 Å². The predicted molar refractivity (Wildman–Crippen MR) is 83.1 cm³/mol. The van der Waals surface area contributed by atoms with Gasteiger partial charge >= 0.3 is 0 Å². The molecule has 2 rings (SSSR count). The molecule has 0 aliphatic rings. The van der Waals surface area contributed by atoms with Crippen molar-refractivity contribution in [2.75, 3.05) is 0 Å². The first kappa shape index (κ1) is 15.6. The number of nitriles is 1. The van der Waals surface area contributed by atoms with Gasteiger partial charge in [0.05, 0.1) is 15.0 Å². The molecule has 0 N–H and O–H groups in total. The van der Waals surface area contributed by atoms with Crippen molar-refractivity contribution < 1.29 is 4.92 Å². The zero-order valence-corrected chi connectivity index (χ0v) is 13.1. The Hall–Kier alpha value is -1.74. The molecule has 0 saturated heterocycles. The number of halogens is 2. The lowest BCUT2D eigenvalue weighted by Crippen LogP contribution is -1.96. The van der Waals surface area contributed by atoms with Crippen LogP contribution < -0.4 is 0 Å². The van der Waals surface area contributed by atoms with Crippen LogP contribution in [0.4, 0.5) is 5.69 Å². The summed E-state index contributed by atoms with van der Waals surface area (Å²) < 4.78 is 0. The highest BCUT2D eigenvalue weighted by molar-refractivity contribution is 7.99. The summed E-state index contributed by atoms with van der Waals surface area (Å²) in [4.78, 5) is 11.9. The number of nitrogens with zero attached hydrogens (tertiary/aromatic N) is 2. The van der Waals surface area contributed by atoms with Gasteiger partial charge in [-0.25, -0.2) is 0 Å². The minimum absolute atomic E-state index is 0.0741. The van der Waals surface area contributed by atoms with Gasteiger partial charge < -0.3 is 0 Å². The number of hydrogen-bond acceptors (Lipinski definition) is 4. The molecular weight excluding hydrogens is 331 g/mol. The van der Waals surface area contributed by atoms with E-state index in [0.29, 0.717) is 15.6 Å². The topological polar surface area (TPSA) is 66.9 Å². The van der Waals surface area contributed by atoms with Crippen molar-refractivity contribution in [3.63, 3.8) is 0 Å². The van der Waals surface area contributed by atoms with Gasteiger partial charge in [0, 0.05) is 15.9 Å². The minimum Gasteiger partial charge on any atom is -0.258 e. The van der Waals surface area contributed by atoms with Crippen molar-refractivity contribution >= 4 is 40.7 Å². The van der Waals surface area contributed by atoms with Gasteiger partial charge in [-0.05, 0) is 36.8 Å². The number of hydrogen-bond donors (Lipinski definition) is 0. The molecule has 0 fully saturated rings. The molecule has 0 spiro atoms. The van der Waals surface area contributed by atoms with Crippen molar-refractivity contribution in [2.24, 2.45) is 0 Å². The van der Waals surface area contributed by atoms with Gasteiger partial charge in [-0.15, -0.1) is 0 Å². The first-order valence-corrected chi connectivity index (χ1v) is 7.32. The van der Waals surface area contributed by atoms with E-state index in [1.165, 1.54) is 17.8 Å². The van der Waals surface area contributed by atoms with E-state index in [4.69, 9.17) is 28.5 Å². The Morgan fingerprint density at radius 3 is 2.52 bits per heavy atom. The van der Waals surface area contributed by atoms with Crippen LogP contribution in [-0.4, -0.2) is 4.92 Å². The molecule has 2 aromatic rings. The summed E-state index contributed by atoms with van der Waals surface area (Å²) in [6, 6.07) is 10.0. The second kappa shape index (κ2) is 6.35. The van der Waals surface area contributed by atoms with E-state index >= 15 is 0 Å². The Morgan fingerprint density at radius 1 is 1.24 bits per heavy atom. The van der Waals surface area contributed by atoms with Gasteiger partial charge in [-0.1, -0.05) is 35.0 Å². The molecule has 0 aliphatic heterocycles. The summed E-state index contributed by atoms with van der Waals surface area (Å²) >= 11 is 13.2. The maximum Gasteiger partial charge on any atom is 0.287 e.